The van der Waals surface area contributed by atoms with Crippen LogP contribution in [0.2, 0.25) is 0 Å². The van der Waals surface area contributed by atoms with E-state index in [-0.39, 0.29) is 23.8 Å². The summed E-state index contributed by atoms with van der Waals surface area (Å²) in [6, 6.07) is -0.779. The van der Waals surface area contributed by atoms with Crippen molar-refractivity contribution >= 4 is 21.9 Å². The number of aryl methyl sites for hydroxylation is 1. The van der Waals surface area contributed by atoms with Crippen molar-refractivity contribution in [1.29, 1.82) is 0 Å². The number of rotatable bonds is 5. The zero-order chi connectivity index (χ0) is 16.3. The van der Waals surface area contributed by atoms with Crippen LogP contribution in [0.15, 0.2) is 17.3 Å². The first-order chi connectivity index (χ1) is 10.3. The van der Waals surface area contributed by atoms with Crippen molar-refractivity contribution in [3.63, 3.8) is 0 Å². The summed E-state index contributed by atoms with van der Waals surface area (Å²) in [6.07, 6.45) is 4.44. The summed E-state index contributed by atoms with van der Waals surface area (Å²) in [4.78, 5) is 24.6. The minimum atomic E-state index is -3.82. The van der Waals surface area contributed by atoms with Gasteiger partial charge in [-0.25, -0.2) is 18.4 Å². The Labute approximate surface area is 127 Å². The fraction of sp³-hybridized carbons (Fsp3) is 0.583. The standard InChI is InChI=1S/C12H18N4O5S/c13-22(20,21)9-7-14-15(8-9)6-4-11(17)16-5-2-1-3-10(16)12(18)19/h7-8,10H,1-6H2,(H,18,19)(H2,13,20,21). The Hall–Kier alpha value is -1.94. The predicted octanol–water partition coefficient (Wildman–Crippen LogP) is -0.614. The molecular weight excluding hydrogens is 312 g/mol. The molecule has 0 aliphatic carbocycles. The van der Waals surface area contributed by atoms with E-state index in [1.807, 2.05) is 0 Å². The molecule has 1 unspecified atom stereocenters. The summed E-state index contributed by atoms with van der Waals surface area (Å²) in [6.45, 7) is 0.592. The summed E-state index contributed by atoms with van der Waals surface area (Å²) >= 11 is 0. The second-order valence-corrected chi connectivity index (χ2v) is 6.73. The highest BCUT2D eigenvalue weighted by Crippen LogP contribution is 2.18. The molecule has 10 heteroatoms. The van der Waals surface area contributed by atoms with Crippen molar-refractivity contribution in [3.05, 3.63) is 12.4 Å². The number of aromatic nitrogens is 2. The highest BCUT2D eigenvalue weighted by Gasteiger charge is 2.31. The summed E-state index contributed by atoms with van der Waals surface area (Å²) in [5, 5.41) is 17.9. The maximum absolute atomic E-state index is 12.2. The highest BCUT2D eigenvalue weighted by atomic mass is 32.2. The van der Waals surface area contributed by atoms with Gasteiger partial charge in [-0.3, -0.25) is 9.48 Å². The molecule has 1 fully saturated rings. The molecule has 0 spiro atoms. The minimum Gasteiger partial charge on any atom is -0.480 e. The van der Waals surface area contributed by atoms with Crippen LogP contribution < -0.4 is 5.14 Å². The Morgan fingerprint density at radius 1 is 1.41 bits per heavy atom. The molecule has 1 amide bonds. The molecule has 22 heavy (non-hydrogen) atoms. The lowest BCUT2D eigenvalue weighted by Gasteiger charge is -2.33. The van der Waals surface area contributed by atoms with Crippen molar-refractivity contribution < 1.29 is 23.1 Å². The van der Waals surface area contributed by atoms with E-state index in [1.54, 1.807) is 0 Å². The first kappa shape index (κ1) is 16.4. The first-order valence-electron chi connectivity index (χ1n) is 6.86. The molecule has 0 bridgehead atoms. The molecule has 0 aromatic carbocycles. The summed E-state index contributed by atoms with van der Waals surface area (Å²) in [5.74, 6) is -1.27. The van der Waals surface area contributed by atoms with Crippen LogP contribution in [-0.4, -0.2) is 52.7 Å². The minimum absolute atomic E-state index is 0.0511. The van der Waals surface area contributed by atoms with Crippen LogP contribution in [0.1, 0.15) is 25.7 Å². The zero-order valence-corrected chi connectivity index (χ0v) is 12.7. The summed E-state index contributed by atoms with van der Waals surface area (Å²) in [5.41, 5.74) is 0. The number of nitrogens with zero attached hydrogens (tertiary/aromatic N) is 3. The number of sulfonamides is 1. The van der Waals surface area contributed by atoms with E-state index in [0.29, 0.717) is 13.0 Å². The van der Waals surface area contributed by atoms with Gasteiger partial charge in [-0.1, -0.05) is 0 Å². The Bertz CT molecular complexity index is 669. The molecule has 0 radical (unpaired) electrons. The average molecular weight is 330 g/mol. The van der Waals surface area contributed by atoms with Crippen molar-refractivity contribution in [1.82, 2.24) is 14.7 Å². The third-order valence-corrected chi connectivity index (χ3v) is 4.47. The molecule has 1 aliphatic rings. The van der Waals surface area contributed by atoms with Crippen LogP contribution in [0.25, 0.3) is 0 Å². The Morgan fingerprint density at radius 3 is 2.73 bits per heavy atom. The van der Waals surface area contributed by atoms with Crippen molar-refractivity contribution in [2.45, 2.75) is 43.2 Å². The molecule has 3 N–H and O–H groups in total. The maximum Gasteiger partial charge on any atom is 0.326 e. The van der Waals surface area contributed by atoms with Gasteiger partial charge >= 0.3 is 5.97 Å². The Morgan fingerprint density at radius 2 is 2.14 bits per heavy atom. The number of piperidine rings is 1. The van der Waals surface area contributed by atoms with Crippen LogP contribution in [0.4, 0.5) is 0 Å². The number of hydrogen-bond acceptors (Lipinski definition) is 5. The largest absolute Gasteiger partial charge is 0.480 e. The van der Waals surface area contributed by atoms with E-state index in [9.17, 15) is 18.0 Å². The molecule has 2 rings (SSSR count). The van der Waals surface area contributed by atoms with Gasteiger partial charge < -0.3 is 10.0 Å². The quantitative estimate of drug-likeness (QED) is 0.739. The highest BCUT2D eigenvalue weighted by molar-refractivity contribution is 7.89. The number of hydrogen-bond donors (Lipinski definition) is 2. The number of primary sulfonamides is 1. The van der Waals surface area contributed by atoms with Crippen molar-refractivity contribution in [3.8, 4) is 0 Å². The van der Waals surface area contributed by atoms with E-state index in [0.717, 1.165) is 19.0 Å². The van der Waals surface area contributed by atoms with Gasteiger partial charge in [-0.05, 0) is 19.3 Å². The molecule has 0 saturated carbocycles. The van der Waals surface area contributed by atoms with Gasteiger partial charge in [-0.2, -0.15) is 5.10 Å². The molecular formula is C12H18N4O5S. The lowest BCUT2D eigenvalue weighted by Crippen LogP contribution is -2.48. The molecule has 1 aromatic rings. The van der Waals surface area contributed by atoms with Crippen LogP contribution in [-0.2, 0) is 26.2 Å². The van der Waals surface area contributed by atoms with E-state index < -0.39 is 22.0 Å². The van der Waals surface area contributed by atoms with Crippen LogP contribution in [0.3, 0.4) is 0 Å². The number of carboxylic acids is 1. The lowest BCUT2D eigenvalue weighted by atomic mass is 10.0. The molecule has 2 heterocycles. The average Bonchev–Trinajstić information content (AvgIpc) is 2.93. The second-order valence-electron chi connectivity index (χ2n) is 5.17. The number of aliphatic carboxylic acids is 1. The number of amides is 1. The van der Waals surface area contributed by atoms with Crippen molar-refractivity contribution in [2.75, 3.05) is 6.54 Å². The topological polar surface area (TPSA) is 136 Å². The monoisotopic (exact) mass is 330 g/mol. The Kier molecular flexibility index (Phi) is 4.81. The fourth-order valence-electron chi connectivity index (χ4n) is 2.45. The third kappa shape index (κ3) is 3.83. The SMILES string of the molecule is NS(=O)(=O)c1cnn(CCC(=O)N2CCCCC2C(=O)O)c1. The van der Waals surface area contributed by atoms with Crippen LogP contribution in [0.5, 0.6) is 0 Å². The van der Waals surface area contributed by atoms with Gasteiger partial charge in [0, 0.05) is 25.7 Å². The number of carbonyl (C=O) groups is 2. The molecule has 122 valence electrons. The second kappa shape index (κ2) is 6.44. The molecule has 1 aliphatic heterocycles. The number of nitrogens with two attached hydrogens (primary N) is 1. The van der Waals surface area contributed by atoms with Gasteiger partial charge in [0.25, 0.3) is 0 Å². The van der Waals surface area contributed by atoms with Crippen LogP contribution >= 0.6 is 0 Å². The van der Waals surface area contributed by atoms with E-state index in [4.69, 9.17) is 10.2 Å². The van der Waals surface area contributed by atoms with Crippen molar-refractivity contribution in [2.24, 2.45) is 5.14 Å². The lowest BCUT2D eigenvalue weighted by molar-refractivity contribution is -0.152. The van der Waals surface area contributed by atoms with E-state index in [1.165, 1.54) is 15.8 Å². The molecule has 1 aromatic heterocycles. The third-order valence-electron chi connectivity index (χ3n) is 3.60. The maximum atomic E-state index is 12.2. The van der Waals surface area contributed by atoms with Gasteiger partial charge in [0.2, 0.25) is 15.9 Å². The zero-order valence-electron chi connectivity index (χ0n) is 11.9. The predicted molar refractivity (Wildman–Crippen MR) is 75.2 cm³/mol. The number of likely N-dealkylation sites (tertiary alicyclic amines) is 1. The molecule has 1 saturated heterocycles. The van der Waals surface area contributed by atoms with Gasteiger partial charge in [0.05, 0.1) is 6.20 Å². The number of carboxylic acid groups (broad SMARTS) is 1. The fourth-order valence-corrected chi connectivity index (χ4v) is 2.92. The summed E-state index contributed by atoms with van der Waals surface area (Å²) < 4.78 is 23.6. The molecule has 9 nitrogen and oxygen atoms in total. The van der Waals surface area contributed by atoms with E-state index in [2.05, 4.69) is 5.10 Å². The van der Waals surface area contributed by atoms with E-state index >= 15 is 0 Å². The number of carbonyl (C=O) groups excluding carboxylic acids is 1. The van der Waals surface area contributed by atoms with Crippen LogP contribution in [0, 0.1) is 0 Å². The van der Waals surface area contributed by atoms with Gasteiger partial charge in [-0.15, -0.1) is 0 Å². The Balaban J connectivity index is 1.97. The van der Waals surface area contributed by atoms with Gasteiger partial charge in [0.1, 0.15) is 10.9 Å². The smallest absolute Gasteiger partial charge is 0.326 e. The normalized spacial score (nSPS) is 19.1. The molecule has 1 atom stereocenters. The summed E-state index contributed by atoms with van der Waals surface area (Å²) in [7, 11) is -3.82. The van der Waals surface area contributed by atoms with Gasteiger partial charge in [0.15, 0.2) is 0 Å². The first-order valence-corrected chi connectivity index (χ1v) is 8.41.